The van der Waals surface area contributed by atoms with Gasteiger partial charge in [-0.3, -0.25) is 4.79 Å². The third-order valence-electron chi connectivity index (χ3n) is 2.43. The van der Waals surface area contributed by atoms with Crippen LogP contribution in [0.15, 0.2) is 12.4 Å². The van der Waals surface area contributed by atoms with E-state index in [0.717, 1.165) is 12.2 Å². The van der Waals surface area contributed by atoms with Gasteiger partial charge in [-0.2, -0.15) is 0 Å². The second kappa shape index (κ2) is 8.29. The predicted molar refractivity (Wildman–Crippen MR) is 72.3 cm³/mol. The van der Waals surface area contributed by atoms with E-state index in [1.165, 1.54) is 6.33 Å². The zero-order valence-corrected chi connectivity index (χ0v) is 11.8. The highest BCUT2D eigenvalue weighted by Crippen LogP contribution is 2.14. The summed E-state index contributed by atoms with van der Waals surface area (Å²) in [4.78, 5) is 21.3. The van der Waals surface area contributed by atoms with Gasteiger partial charge in [0.1, 0.15) is 12.1 Å². The number of carbonyl (C=O) groups excluding carboxylic acids is 1. The van der Waals surface area contributed by atoms with Crippen molar-refractivity contribution in [1.29, 1.82) is 0 Å². The number of aromatic nitrogens is 2. The van der Waals surface area contributed by atoms with Crippen LogP contribution >= 0.6 is 0 Å². The van der Waals surface area contributed by atoms with E-state index in [0.29, 0.717) is 32.1 Å². The van der Waals surface area contributed by atoms with Gasteiger partial charge in [-0.05, 0) is 13.3 Å². The first-order chi connectivity index (χ1) is 9.17. The molecule has 0 aliphatic heterocycles. The molecular weight excluding hydrogens is 246 g/mol. The van der Waals surface area contributed by atoms with Gasteiger partial charge in [0.25, 0.3) is 0 Å². The molecule has 0 aliphatic rings. The minimum Gasteiger partial charge on any atom is -0.478 e. The van der Waals surface area contributed by atoms with Crippen molar-refractivity contribution in [3.8, 4) is 5.88 Å². The van der Waals surface area contributed by atoms with E-state index in [-0.39, 0.29) is 5.97 Å². The summed E-state index contributed by atoms with van der Waals surface area (Å²) >= 11 is 0. The van der Waals surface area contributed by atoms with Gasteiger partial charge in [-0.1, -0.05) is 6.92 Å². The van der Waals surface area contributed by atoms with Gasteiger partial charge in [0, 0.05) is 19.7 Å². The van der Waals surface area contributed by atoms with Crippen molar-refractivity contribution in [3.63, 3.8) is 0 Å². The van der Waals surface area contributed by atoms with Crippen molar-refractivity contribution in [3.05, 3.63) is 12.4 Å². The minimum absolute atomic E-state index is 0.203. The average molecular weight is 267 g/mol. The summed E-state index contributed by atoms with van der Waals surface area (Å²) in [5.74, 6) is 1.08. The first-order valence-electron chi connectivity index (χ1n) is 6.49. The Morgan fingerprint density at radius 2 is 2.16 bits per heavy atom. The topological polar surface area (TPSA) is 64.5 Å². The molecule has 0 radical (unpaired) electrons. The molecule has 0 unspecified atom stereocenters. The number of anilines is 1. The number of rotatable bonds is 8. The fraction of sp³-hybridized carbons (Fsp3) is 0.615. The summed E-state index contributed by atoms with van der Waals surface area (Å²) in [6.07, 6.45) is 2.72. The predicted octanol–water partition coefficient (Wildman–Crippen LogP) is 1.65. The SMILES string of the molecule is CCCOc1cc(N(C)CCC(=O)OCC)ncn1. The summed E-state index contributed by atoms with van der Waals surface area (Å²) < 4.78 is 10.3. The standard InChI is InChI=1S/C13H21N3O3/c1-4-8-19-12-9-11(14-10-15-12)16(3)7-6-13(17)18-5-2/h9-10H,4-8H2,1-3H3. The van der Waals surface area contributed by atoms with Crippen LogP contribution in [0.25, 0.3) is 0 Å². The summed E-state index contributed by atoms with van der Waals surface area (Å²) in [7, 11) is 1.87. The van der Waals surface area contributed by atoms with Crippen LogP contribution in [0.3, 0.4) is 0 Å². The maximum absolute atomic E-state index is 11.3. The highest BCUT2D eigenvalue weighted by molar-refractivity contribution is 5.70. The molecule has 0 saturated heterocycles. The fourth-order valence-corrected chi connectivity index (χ4v) is 1.43. The Morgan fingerprint density at radius 1 is 1.37 bits per heavy atom. The van der Waals surface area contributed by atoms with Crippen molar-refractivity contribution in [2.45, 2.75) is 26.7 Å². The minimum atomic E-state index is -0.203. The highest BCUT2D eigenvalue weighted by atomic mass is 16.5. The molecule has 6 heteroatoms. The Balaban J connectivity index is 2.51. The van der Waals surface area contributed by atoms with E-state index >= 15 is 0 Å². The molecule has 0 bridgehead atoms. The number of nitrogens with zero attached hydrogens (tertiary/aromatic N) is 3. The fourth-order valence-electron chi connectivity index (χ4n) is 1.43. The van der Waals surface area contributed by atoms with E-state index in [1.54, 1.807) is 13.0 Å². The number of carbonyl (C=O) groups is 1. The first-order valence-corrected chi connectivity index (χ1v) is 6.49. The summed E-state index contributed by atoms with van der Waals surface area (Å²) in [5, 5.41) is 0. The van der Waals surface area contributed by atoms with Crippen molar-refractivity contribution >= 4 is 11.8 Å². The molecular formula is C13H21N3O3. The molecule has 6 nitrogen and oxygen atoms in total. The van der Waals surface area contributed by atoms with Crippen LogP contribution in [0.5, 0.6) is 5.88 Å². The van der Waals surface area contributed by atoms with Crippen LogP contribution in [0.1, 0.15) is 26.7 Å². The van der Waals surface area contributed by atoms with Crippen LogP contribution in [0.4, 0.5) is 5.82 Å². The third-order valence-corrected chi connectivity index (χ3v) is 2.43. The molecule has 0 N–H and O–H groups in total. The smallest absolute Gasteiger partial charge is 0.307 e. The van der Waals surface area contributed by atoms with Crippen LogP contribution in [0, 0.1) is 0 Å². The maximum Gasteiger partial charge on any atom is 0.307 e. The summed E-state index contributed by atoms with van der Waals surface area (Å²) in [6, 6.07) is 1.76. The van der Waals surface area contributed by atoms with E-state index in [2.05, 4.69) is 9.97 Å². The molecule has 0 fully saturated rings. The Hall–Kier alpha value is -1.85. The first kappa shape index (κ1) is 15.2. The van der Waals surface area contributed by atoms with E-state index < -0.39 is 0 Å². The quantitative estimate of drug-likeness (QED) is 0.667. The molecule has 1 aromatic heterocycles. The van der Waals surface area contributed by atoms with Gasteiger partial charge in [0.2, 0.25) is 5.88 Å². The zero-order valence-electron chi connectivity index (χ0n) is 11.8. The average Bonchev–Trinajstić information content (AvgIpc) is 2.43. The van der Waals surface area contributed by atoms with Crippen LogP contribution in [-0.4, -0.2) is 42.7 Å². The lowest BCUT2D eigenvalue weighted by Gasteiger charge is -2.17. The number of esters is 1. The Labute approximate surface area is 113 Å². The lowest BCUT2D eigenvalue weighted by Crippen LogP contribution is -2.23. The number of ether oxygens (including phenoxy) is 2. The van der Waals surface area contributed by atoms with Gasteiger partial charge in [-0.25, -0.2) is 9.97 Å². The van der Waals surface area contributed by atoms with Crippen LogP contribution < -0.4 is 9.64 Å². The van der Waals surface area contributed by atoms with E-state index in [4.69, 9.17) is 9.47 Å². The second-order valence-corrected chi connectivity index (χ2v) is 4.04. The van der Waals surface area contributed by atoms with E-state index in [1.807, 2.05) is 18.9 Å². The van der Waals surface area contributed by atoms with E-state index in [9.17, 15) is 4.79 Å². The van der Waals surface area contributed by atoms with Gasteiger partial charge in [0.15, 0.2) is 0 Å². The molecule has 0 amide bonds. The lowest BCUT2D eigenvalue weighted by molar-refractivity contribution is -0.142. The van der Waals surface area contributed by atoms with Gasteiger partial charge in [0.05, 0.1) is 19.6 Å². The van der Waals surface area contributed by atoms with Gasteiger partial charge >= 0.3 is 5.97 Å². The largest absolute Gasteiger partial charge is 0.478 e. The second-order valence-electron chi connectivity index (χ2n) is 4.04. The van der Waals surface area contributed by atoms with Crippen molar-refractivity contribution < 1.29 is 14.3 Å². The van der Waals surface area contributed by atoms with Crippen molar-refractivity contribution in [2.24, 2.45) is 0 Å². The Morgan fingerprint density at radius 3 is 2.84 bits per heavy atom. The molecule has 0 spiro atoms. The summed E-state index contributed by atoms with van der Waals surface area (Å²) in [5.41, 5.74) is 0. The van der Waals surface area contributed by atoms with Gasteiger partial charge in [-0.15, -0.1) is 0 Å². The Kier molecular flexibility index (Phi) is 6.63. The molecule has 0 aliphatic carbocycles. The van der Waals surface area contributed by atoms with Crippen molar-refractivity contribution in [2.75, 3.05) is 31.7 Å². The molecule has 1 heterocycles. The molecule has 0 aromatic carbocycles. The van der Waals surface area contributed by atoms with Crippen LogP contribution in [-0.2, 0) is 9.53 Å². The summed E-state index contributed by atoms with van der Waals surface area (Å²) in [6.45, 7) is 5.41. The third kappa shape index (κ3) is 5.54. The molecule has 1 aromatic rings. The van der Waals surface area contributed by atoms with Crippen LogP contribution in [0.2, 0.25) is 0 Å². The lowest BCUT2D eigenvalue weighted by atomic mass is 10.4. The highest BCUT2D eigenvalue weighted by Gasteiger charge is 2.08. The molecule has 106 valence electrons. The molecule has 19 heavy (non-hydrogen) atoms. The maximum atomic E-state index is 11.3. The van der Waals surface area contributed by atoms with Crippen molar-refractivity contribution in [1.82, 2.24) is 9.97 Å². The molecule has 1 rings (SSSR count). The van der Waals surface area contributed by atoms with Gasteiger partial charge < -0.3 is 14.4 Å². The normalized spacial score (nSPS) is 10.1. The molecule has 0 atom stereocenters. The zero-order chi connectivity index (χ0) is 14.1. The monoisotopic (exact) mass is 267 g/mol. The molecule has 0 saturated carbocycles. The Bertz CT molecular complexity index is 398. The number of hydrogen-bond donors (Lipinski definition) is 0. The number of hydrogen-bond acceptors (Lipinski definition) is 6.